The van der Waals surface area contributed by atoms with Crippen LogP contribution in [0.5, 0.6) is 11.5 Å². The van der Waals surface area contributed by atoms with Crippen molar-refractivity contribution in [1.29, 1.82) is 5.41 Å². The average molecular weight is 1090 g/mol. The predicted octanol–water partition coefficient (Wildman–Crippen LogP) is 16.4. The van der Waals surface area contributed by atoms with Crippen molar-refractivity contribution in [1.82, 2.24) is 4.57 Å². The van der Waals surface area contributed by atoms with Crippen LogP contribution in [0.25, 0.3) is 55.3 Å². The minimum atomic E-state index is -2.68. The van der Waals surface area contributed by atoms with Gasteiger partial charge in [-0.25, -0.2) is 4.40 Å². The van der Waals surface area contributed by atoms with E-state index >= 15 is 0 Å². The number of ether oxygens (including phenoxy) is 1. The fourth-order valence-electron chi connectivity index (χ4n) is 12.7. The van der Waals surface area contributed by atoms with Gasteiger partial charge in [-0.15, -0.1) is 0 Å². The van der Waals surface area contributed by atoms with E-state index in [4.69, 9.17) is 4.74 Å². The molecule has 1 aliphatic carbocycles. The van der Waals surface area contributed by atoms with Crippen molar-refractivity contribution in [2.24, 2.45) is 4.40 Å². The quantitative estimate of drug-likeness (QED) is 0.0587. The van der Waals surface area contributed by atoms with Crippen molar-refractivity contribution in [3.05, 3.63) is 314 Å². The van der Waals surface area contributed by atoms with Crippen LogP contribution in [0.1, 0.15) is 30.5 Å². The lowest BCUT2D eigenvalue weighted by atomic mass is 9.75. The van der Waals surface area contributed by atoms with Gasteiger partial charge in [-0.05, 0) is 140 Å². The Morgan fingerprint density at radius 3 is 1.51 bits per heavy atom. The van der Waals surface area contributed by atoms with Crippen LogP contribution in [-0.4, -0.2) is 24.1 Å². The molecule has 11 aromatic carbocycles. The number of allylic oxidation sites excluding steroid dienone is 4. The van der Waals surface area contributed by atoms with Crippen LogP contribution in [0.2, 0.25) is 0 Å². The van der Waals surface area contributed by atoms with Crippen molar-refractivity contribution in [3.63, 3.8) is 0 Å². The normalized spacial score (nSPS) is 14.2. The first-order valence-electron chi connectivity index (χ1n) is 27.8. The van der Waals surface area contributed by atoms with Gasteiger partial charge >= 0.3 is 0 Å². The molecule has 0 bridgehead atoms. The van der Waals surface area contributed by atoms with Gasteiger partial charge in [0, 0.05) is 49.9 Å². The summed E-state index contributed by atoms with van der Waals surface area (Å²) in [6.45, 7) is 4.55. The summed E-state index contributed by atoms with van der Waals surface area (Å²) in [5, 5.41) is 17.5. The molecule has 0 radical (unpaired) electrons. The van der Waals surface area contributed by atoms with Gasteiger partial charge in [0.15, 0.2) is 8.07 Å². The van der Waals surface area contributed by atoms with Crippen LogP contribution < -0.4 is 30.4 Å². The molecule has 2 aliphatic rings. The topological polar surface area (TPSA) is 53.6 Å². The first-order valence-corrected chi connectivity index (χ1v) is 30.2. The summed E-state index contributed by atoms with van der Waals surface area (Å²) in [7, 11) is -2.68. The molecule has 0 saturated carbocycles. The van der Waals surface area contributed by atoms with Gasteiger partial charge in [-0.1, -0.05) is 226 Å². The molecule has 1 aromatic heterocycles. The highest BCUT2D eigenvalue weighted by atomic mass is 32.1. The Morgan fingerprint density at radius 2 is 0.915 bits per heavy atom. The number of hydrogen-bond acceptors (Lipinski definition) is 5. The molecule has 0 atom stereocenters. The molecule has 7 heteroatoms. The molecule has 0 unspecified atom stereocenters. The monoisotopic (exact) mass is 1090 g/mol. The smallest absolute Gasteiger partial charge is 0.179 e. The summed E-state index contributed by atoms with van der Waals surface area (Å²) in [6.07, 6.45) is 4.15. The predicted molar refractivity (Wildman–Crippen MR) is 349 cm³/mol. The summed E-state index contributed by atoms with van der Waals surface area (Å²) in [5.74, 6) is 1.78. The Hall–Kier alpha value is -9.79. The van der Waals surface area contributed by atoms with Gasteiger partial charge in [0.2, 0.25) is 0 Å². The number of aromatic nitrogens is 1. The van der Waals surface area contributed by atoms with Crippen LogP contribution in [0.4, 0.5) is 11.4 Å². The molecule has 1 aliphatic heterocycles. The average Bonchev–Trinajstić information content (AvgIpc) is 3.87. The molecule has 0 saturated heterocycles. The molecule has 392 valence electrons. The number of nitrogens with zero attached hydrogens (tertiary/aromatic N) is 3. The van der Waals surface area contributed by atoms with E-state index in [1.165, 1.54) is 26.3 Å². The van der Waals surface area contributed by atoms with Gasteiger partial charge in [0.1, 0.15) is 17.2 Å². The second kappa shape index (κ2) is 20.7. The largest absolute Gasteiger partial charge is 0.457 e. The number of anilines is 2. The maximum atomic E-state index is 9.97. The lowest BCUT2D eigenvalue weighted by Gasteiger charge is -2.34. The van der Waals surface area contributed by atoms with Crippen molar-refractivity contribution < 1.29 is 4.74 Å². The third kappa shape index (κ3) is 8.47. The van der Waals surface area contributed by atoms with Crippen molar-refractivity contribution in [3.8, 4) is 39.4 Å². The molecule has 0 amide bonds. The zero-order valence-electron chi connectivity index (χ0n) is 45.4. The molecule has 14 rings (SSSR count). The second-order valence-corrected chi connectivity index (χ2v) is 25.7. The summed E-state index contributed by atoms with van der Waals surface area (Å²) in [4.78, 5) is 2.19. The summed E-state index contributed by atoms with van der Waals surface area (Å²) < 4.78 is 13.4. The van der Waals surface area contributed by atoms with Crippen molar-refractivity contribution >= 4 is 91.8 Å². The molecule has 0 spiro atoms. The third-order valence-corrected chi connectivity index (χ3v) is 21.8. The third-order valence-electron chi connectivity index (χ3n) is 16.8. The SMILES string of the molecule is CC1(C)c2ccccc2Oc2ccc(-n3c4ccccc4c4cc(C5=CC=C(N(c6ccc(-c7ccccc7)cc6)c6ccc(-c7ccc([Si](c8ccccc8)(c8ccccc8)c8ccccc8)cc7)cc6)C(=NS)C5=N)ccc43)cc21. The fourth-order valence-corrected chi connectivity index (χ4v) is 17.7. The summed E-state index contributed by atoms with van der Waals surface area (Å²) in [6, 6.07) is 100. The minimum absolute atomic E-state index is 0.262. The van der Waals surface area contributed by atoms with Gasteiger partial charge in [0.05, 0.1) is 22.4 Å². The fraction of sp³-hybridized carbons (Fsp3) is 0.0400. The Kier molecular flexibility index (Phi) is 12.7. The maximum absolute atomic E-state index is 9.97. The minimum Gasteiger partial charge on any atom is -0.457 e. The van der Waals surface area contributed by atoms with E-state index in [2.05, 4.69) is 320 Å². The van der Waals surface area contributed by atoms with E-state index in [0.717, 1.165) is 95.0 Å². The molecular weight excluding hydrogens is 1030 g/mol. The highest BCUT2D eigenvalue weighted by molar-refractivity contribution is 7.79. The van der Waals surface area contributed by atoms with Gasteiger partial charge in [-0.2, -0.15) is 0 Å². The summed E-state index contributed by atoms with van der Waals surface area (Å²) >= 11 is 4.64. The van der Waals surface area contributed by atoms with Crippen LogP contribution in [0, 0.1) is 5.41 Å². The molecular formula is C75H56N4OSSi. The number of hydrogen-bond donors (Lipinski definition) is 2. The zero-order chi connectivity index (χ0) is 55.4. The Morgan fingerprint density at radius 1 is 0.439 bits per heavy atom. The van der Waals surface area contributed by atoms with Crippen LogP contribution >= 0.6 is 12.8 Å². The van der Waals surface area contributed by atoms with Crippen molar-refractivity contribution in [2.75, 3.05) is 4.90 Å². The summed E-state index contributed by atoms with van der Waals surface area (Å²) in [5.41, 5.74) is 14.8. The van der Waals surface area contributed by atoms with E-state index in [0.29, 0.717) is 5.71 Å². The highest BCUT2D eigenvalue weighted by Gasteiger charge is 2.41. The number of para-hydroxylation sites is 2. The number of rotatable bonds is 11. The molecule has 1 N–H and O–H groups in total. The van der Waals surface area contributed by atoms with Gasteiger partial charge in [-0.3, -0.25) is 5.41 Å². The molecule has 0 fully saturated rings. The number of thiol groups is 1. The van der Waals surface area contributed by atoms with Crippen LogP contribution in [0.15, 0.2) is 301 Å². The standard InChI is InChI=1S/C75H56N4OSSi/c1-75(2)66-28-16-18-30-71(66)80-72-48-42-58(50-67(72)75)79-68-29-17-15-27-64(68)65-49-55(37-46-69(65)79)63-45-47-70(74(77-81)73(63)76)78(56-38-31-52(32-39-56)51-19-7-3-8-20-51)57-40-33-53(34-41-57)54-35-43-62(44-36-54)82(59-21-9-4-10-22-59,60-23-11-5-12-24-60)61-25-13-6-14-26-61/h3-50,76,81H,1-2H3. The van der Waals surface area contributed by atoms with Crippen LogP contribution in [0.3, 0.4) is 0 Å². The van der Waals surface area contributed by atoms with E-state index in [1.54, 1.807) is 0 Å². The zero-order valence-corrected chi connectivity index (χ0v) is 47.3. The van der Waals surface area contributed by atoms with E-state index in [1.807, 2.05) is 12.1 Å². The maximum Gasteiger partial charge on any atom is 0.179 e. The Balaban J connectivity index is 0.837. The number of benzene rings is 11. The van der Waals surface area contributed by atoms with Gasteiger partial charge in [0.25, 0.3) is 0 Å². The first kappa shape index (κ1) is 50.4. The van der Waals surface area contributed by atoms with E-state index in [9.17, 15) is 5.41 Å². The Bertz CT molecular complexity index is 4400. The number of fused-ring (bicyclic) bond motifs is 5. The second-order valence-electron chi connectivity index (χ2n) is 21.7. The molecule has 5 nitrogen and oxygen atoms in total. The van der Waals surface area contributed by atoms with Crippen molar-refractivity contribution in [2.45, 2.75) is 19.3 Å². The lowest BCUT2D eigenvalue weighted by Crippen LogP contribution is -2.74. The van der Waals surface area contributed by atoms with Gasteiger partial charge < -0.3 is 14.2 Å². The van der Waals surface area contributed by atoms with E-state index in [-0.39, 0.29) is 11.1 Å². The molecule has 2 heterocycles. The first-order chi connectivity index (χ1) is 40.3. The van der Waals surface area contributed by atoms with Crippen LogP contribution in [-0.2, 0) is 5.41 Å². The molecule has 82 heavy (non-hydrogen) atoms. The Labute approximate surface area is 485 Å². The van der Waals surface area contributed by atoms with E-state index < -0.39 is 8.07 Å². The lowest BCUT2D eigenvalue weighted by molar-refractivity contribution is 0.418. The highest BCUT2D eigenvalue weighted by Crippen LogP contribution is 2.49. The number of nitrogens with one attached hydrogen (secondary N) is 1. The molecule has 12 aromatic rings.